The number of nitrogens with zero attached hydrogens (tertiary/aromatic N) is 1. The predicted octanol–water partition coefficient (Wildman–Crippen LogP) is 4.84. The number of alkyl halides is 1. The van der Waals surface area contributed by atoms with E-state index in [4.69, 9.17) is 0 Å². The summed E-state index contributed by atoms with van der Waals surface area (Å²) < 4.78 is 0. The van der Waals surface area contributed by atoms with E-state index >= 15 is 0 Å². The molecule has 0 aromatic heterocycles. The Morgan fingerprint density at radius 2 is 1.78 bits per heavy atom. The van der Waals surface area contributed by atoms with Crippen LogP contribution in [0.25, 0.3) is 0 Å². The zero-order valence-electron chi connectivity index (χ0n) is 12.3. The average Bonchev–Trinajstić information content (AvgIpc) is 2.68. The van der Waals surface area contributed by atoms with Crippen molar-refractivity contribution in [2.45, 2.75) is 71.3 Å². The molecule has 1 aliphatic heterocycles. The van der Waals surface area contributed by atoms with Crippen LogP contribution in [0.5, 0.6) is 0 Å². The molecule has 2 aliphatic rings. The largest absolute Gasteiger partial charge is 0.300 e. The zero-order valence-corrected chi connectivity index (χ0v) is 13.8. The Morgan fingerprint density at radius 1 is 1.11 bits per heavy atom. The van der Waals surface area contributed by atoms with Gasteiger partial charge in [-0.05, 0) is 43.6 Å². The SMILES string of the molecule is CC(C)C1CCCN1CC1(CBr)CCCCCC1. The van der Waals surface area contributed by atoms with Gasteiger partial charge in [0.15, 0.2) is 0 Å². The summed E-state index contributed by atoms with van der Waals surface area (Å²) >= 11 is 3.84. The minimum Gasteiger partial charge on any atom is -0.300 e. The third kappa shape index (κ3) is 3.50. The summed E-state index contributed by atoms with van der Waals surface area (Å²) in [7, 11) is 0. The molecule has 0 amide bonds. The van der Waals surface area contributed by atoms with Gasteiger partial charge in [0.25, 0.3) is 0 Å². The standard InChI is InChI=1S/C16H30BrN/c1-14(2)15-8-7-11-18(15)13-16(12-17)9-5-3-4-6-10-16/h14-15H,3-13H2,1-2H3. The van der Waals surface area contributed by atoms with Gasteiger partial charge in [0.1, 0.15) is 0 Å². The molecule has 18 heavy (non-hydrogen) atoms. The molecule has 0 aromatic carbocycles. The van der Waals surface area contributed by atoms with Crippen LogP contribution >= 0.6 is 15.9 Å². The van der Waals surface area contributed by atoms with Crippen molar-refractivity contribution in [1.29, 1.82) is 0 Å². The quantitative estimate of drug-likeness (QED) is 0.530. The van der Waals surface area contributed by atoms with E-state index < -0.39 is 0 Å². The van der Waals surface area contributed by atoms with Gasteiger partial charge in [0.05, 0.1) is 0 Å². The molecule has 1 atom stereocenters. The van der Waals surface area contributed by atoms with Crippen molar-refractivity contribution >= 4 is 15.9 Å². The molecule has 1 saturated carbocycles. The van der Waals surface area contributed by atoms with E-state index in [-0.39, 0.29) is 0 Å². The Hall–Kier alpha value is 0.440. The van der Waals surface area contributed by atoms with Crippen molar-refractivity contribution < 1.29 is 0 Å². The first-order chi connectivity index (χ1) is 8.67. The number of rotatable bonds is 4. The lowest BCUT2D eigenvalue weighted by Crippen LogP contribution is -2.43. The normalized spacial score (nSPS) is 29.7. The third-order valence-corrected chi connectivity index (χ3v) is 6.36. The molecule has 2 fully saturated rings. The molecule has 0 spiro atoms. The van der Waals surface area contributed by atoms with E-state index in [0.29, 0.717) is 5.41 Å². The highest BCUT2D eigenvalue weighted by molar-refractivity contribution is 9.09. The predicted molar refractivity (Wildman–Crippen MR) is 83.4 cm³/mol. The van der Waals surface area contributed by atoms with Crippen LogP contribution in [-0.4, -0.2) is 29.4 Å². The van der Waals surface area contributed by atoms with Gasteiger partial charge in [-0.1, -0.05) is 55.5 Å². The summed E-state index contributed by atoms with van der Waals surface area (Å²) in [6.07, 6.45) is 11.6. The van der Waals surface area contributed by atoms with Gasteiger partial charge in [0.2, 0.25) is 0 Å². The smallest absolute Gasteiger partial charge is 0.0119 e. The van der Waals surface area contributed by atoms with Crippen molar-refractivity contribution in [1.82, 2.24) is 4.90 Å². The fourth-order valence-electron chi connectivity index (χ4n) is 4.05. The summed E-state index contributed by atoms with van der Waals surface area (Å²) in [4.78, 5) is 2.82. The second-order valence-electron chi connectivity index (χ2n) is 6.97. The highest BCUT2D eigenvalue weighted by atomic mass is 79.9. The summed E-state index contributed by atoms with van der Waals surface area (Å²) in [5.41, 5.74) is 0.577. The van der Waals surface area contributed by atoms with Crippen molar-refractivity contribution in [3.63, 3.8) is 0 Å². The van der Waals surface area contributed by atoms with E-state index in [1.54, 1.807) is 0 Å². The lowest BCUT2D eigenvalue weighted by atomic mass is 9.81. The second kappa shape index (κ2) is 6.74. The van der Waals surface area contributed by atoms with Crippen LogP contribution in [0.15, 0.2) is 0 Å². The molecule has 2 rings (SSSR count). The lowest BCUT2D eigenvalue weighted by molar-refractivity contribution is 0.120. The highest BCUT2D eigenvalue weighted by Gasteiger charge is 2.36. The maximum Gasteiger partial charge on any atom is 0.0119 e. The molecule has 0 N–H and O–H groups in total. The van der Waals surface area contributed by atoms with Gasteiger partial charge in [-0.3, -0.25) is 4.90 Å². The molecule has 2 heteroatoms. The number of hydrogen-bond donors (Lipinski definition) is 0. The van der Waals surface area contributed by atoms with Gasteiger partial charge in [-0.15, -0.1) is 0 Å². The molecule has 1 heterocycles. The third-order valence-electron chi connectivity index (χ3n) is 5.17. The van der Waals surface area contributed by atoms with Crippen molar-refractivity contribution in [2.75, 3.05) is 18.4 Å². The van der Waals surface area contributed by atoms with E-state index in [1.807, 2.05) is 0 Å². The Morgan fingerprint density at radius 3 is 2.33 bits per heavy atom. The zero-order chi connectivity index (χ0) is 13.0. The molecule has 106 valence electrons. The maximum absolute atomic E-state index is 3.84. The maximum atomic E-state index is 3.84. The van der Waals surface area contributed by atoms with Crippen LogP contribution < -0.4 is 0 Å². The monoisotopic (exact) mass is 315 g/mol. The van der Waals surface area contributed by atoms with E-state index in [0.717, 1.165) is 12.0 Å². The van der Waals surface area contributed by atoms with Gasteiger partial charge >= 0.3 is 0 Å². The minimum absolute atomic E-state index is 0.577. The van der Waals surface area contributed by atoms with Crippen LogP contribution in [0, 0.1) is 11.3 Å². The molecular formula is C16H30BrN. The van der Waals surface area contributed by atoms with Gasteiger partial charge in [0, 0.05) is 17.9 Å². The Bertz CT molecular complexity index is 243. The number of likely N-dealkylation sites (tertiary alicyclic amines) is 1. The Labute approximate surface area is 122 Å². The van der Waals surface area contributed by atoms with E-state index in [2.05, 4.69) is 34.7 Å². The highest BCUT2D eigenvalue weighted by Crippen LogP contribution is 2.39. The summed E-state index contributed by atoms with van der Waals surface area (Å²) in [5.74, 6) is 0.825. The lowest BCUT2D eigenvalue weighted by Gasteiger charge is -2.38. The van der Waals surface area contributed by atoms with Gasteiger partial charge in [-0.25, -0.2) is 0 Å². The fourth-order valence-corrected chi connectivity index (χ4v) is 4.78. The first kappa shape index (κ1) is 14.8. The molecular weight excluding hydrogens is 286 g/mol. The molecule has 1 unspecified atom stereocenters. The number of halogens is 1. The van der Waals surface area contributed by atoms with E-state index in [1.165, 1.54) is 69.8 Å². The van der Waals surface area contributed by atoms with Crippen molar-refractivity contribution in [2.24, 2.45) is 11.3 Å². The molecule has 1 aliphatic carbocycles. The minimum atomic E-state index is 0.577. The second-order valence-corrected chi connectivity index (χ2v) is 7.53. The van der Waals surface area contributed by atoms with Crippen molar-refractivity contribution in [3.05, 3.63) is 0 Å². The van der Waals surface area contributed by atoms with Crippen LogP contribution in [0.4, 0.5) is 0 Å². The van der Waals surface area contributed by atoms with Crippen LogP contribution in [0.1, 0.15) is 65.2 Å². The Kier molecular flexibility index (Phi) is 5.56. The average molecular weight is 316 g/mol. The molecule has 1 nitrogen and oxygen atoms in total. The van der Waals surface area contributed by atoms with E-state index in [9.17, 15) is 0 Å². The van der Waals surface area contributed by atoms with Crippen LogP contribution in [0.2, 0.25) is 0 Å². The fraction of sp³-hybridized carbons (Fsp3) is 1.00. The first-order valence-corrected chi connectivity index (χ1v) is 9.09. The first-order valence-electron chi connectivity index (χ1n) is 7.97. The van der Waals surface area contributed by atoms with Gasteiger partial charge in [-0.2, -0.15) is 0 Å². The summed E-state index contributed by atoms with van der Waals surface area (Å²) in [6, 6.07) is 0.851. The van der Waals surface area contributed by atoms with Gasteiger partial charge < -0.3 is 0 Å². The molecule has 0 bridgehead atoms. The Balaban J connectivity index is 2.00. The number of hydrogen-bond acceptors (Lipinski definition) is 1. The molecule has 1 saturated heterocycles. The topological polar surface area (TPSA) is 3.24 Å². The van der Waals surface area contributed by atoms with Crippen LogP contribution in [-0.2, 0) is 0 Å². The summed E-state index contributed by atoms with van der Waals surface area (Å²) in [6.45, 7) is 7.49. The molecule has 0 radical (unpaired) electrons. The van der Waals surface area contributed by atoms with Crippen LogP contribution in [0.3, 0.4) is 0 Å². The summed E-state index contributed by atoms with van der Waals surface area (Å²) in [5, 5.41) is 1.21. The van der Waals surface area contributed by atoms with Crippen molar-refractivity contribution in [3.8, 4) is 0 Å². The molecule has 0 aromatic rings.